The van der Waals surface area contributed by atoms with Crippen molar-refractivity contribution in [1.29, 1.82) is 0 Å². The van der Waals surface area contributed by atoms with Crippen molar-refractivity contribution in [2.24, 2.45) is 5.41 Å². The smallest absolute Gasteiger partial charge is 0.310 e. The second-order valence-corrected chi connectivity index (χ2v) is 6.59. The first kappa shape index (κ1) is 16.8. The zero-order valence-electron chi connectivity index (χ0n) is 13.9. The summed E-state index contributed by atoms with van der Waals surface area (Å²) >= 11 is 0. The molecular formula is C18H23NO5. The molecule has 6 heteroatoms. The normalized spacial score (nSPS) is 22.5. The van der Waals surface area contributed by atoms with Crippen LogP contribution in [0.3, 0.4) is 0 Å². The van der Waals surface area contributed by atoms with Crippen molar-refractivity contribution in [3.05, 3.63) is 29.8 Å². The maximum absolute atomic E-state index is 12.6. The number of carboxylic acid groups (broad SMARTS) is 1. The third-order valence-corrected chi connectivity index (χ3v) is 5.14. The van der Waals surface area contributed by atoms with E-state index in [1.165, 1.54) is 0 Å². The Morgan fingerprint density at radius 1 is 1.42 bits per heavy atom. The molecule has 130 valence electrons. The molecule has 2 aliphatic rings. The maximum atomic E-state index is 12.6. The van der Waals surface area contributed by atoms with Crippen LogP contribution in [0, 0.1) is 5.41 Å². The molecule has 1 amide bonds. The van der Waals surface area contributed by atoms with E-state index in [2.05, 4.69) is 0 Å². The third kappa shape index (κ3) is 3.24. The number of carboxylic acids is 1. The van der Waals surface area contributed by atoms with Gasteiger partial charge in [0.05, 0.1) is 25.7 Å². The van der Waals surface area contributed by atoms with Gasteiger partial charge in [0.25, 0.3) is 0 Å². The molecule has 1 saturated heterocycles. The highest BCUT2D eigenvalue weighted by Gasteiger charge is 2.46. The molecule has 3 rings (SSSR count). The topological polar surface area (TPSA) is 76.1 Å². The molecule has 0 spiro atoms. The van der Waals surface area contributed by atoms with Gasteiger partial charge in [-0.1, -0.05) is 18.6 Å². The van der Waals surface area contributed by atoms with Crippen molar-refractivity contribution in [2.75, 3.05) is 26.8 Å². The second kappa shape index (κ2) is 6.81. The van der Waals surface area contributed by atoms with Crippen LogP contribution < -0.4 is 4.74 Å². The summed E-state index contributed by atoms with van der Waals surface area (Å²) in [6.45, 7) is 1.41. The molecule has 1 aromatic carbocycles. The largest absolute Gasteiger partial charge is 0.497 e. The molecule has 1 atom stereocenters. The number of rotatable bonds is 5. The lowest BCUT2D eigenvalue weighted by Crippen LogP contribution is -2.47. The van der Waals surface area contributed by atoms with Gasteiger partial charge in [0, 0.05) is 13.0 Å². The zero-order valence-corrected chi connectivity index (χ0v) is 13.9. The van der Waals surface area contributed by atoms with Gasteiger partial charge >= 0.3 is 5.97 Å². The highest BCUT2D eigenvalue weighted by molar-refractivity contribution is 5.85. The minimum absolute atomic E-state index is 0.0895. The fourth-order valence-corrected chi connectivity index (χ4v) is 3.39. The van der Waals surface area contributed by atoms with Crippen LogP contribution in [0.1, 0.15) is 37.4 Å². The van der Waals surface area contributed by atoms with Crippen molar-refractivity contribution >= 4 is 11.9 Å². The van der Waals surface area contributed by atoms with E-state index in [1.807, 2.05) is 24.3 Å². The number of carbonyl (C=O) groups excluding carboxylic acids is 1. The van der Waals surface area contributed by atoms with Gasteiger partial charge in [-0.25, -0.2) is 0 Å². The van der Waals surface area contributed by atoms with Crippen molar-refractivity contribution < 1.29 is 24.2 Å². The van der Waals surface area contributed by atoms with Crippen LogP contribution in [0.2, 0.25) is 0 Å². The second-order valence-electron chi connectivity index (χ2n) is 6.59. The van der Waals surface area contributed by atoms with E-state index in [0.29, 0.717) is 32.5 Å². The molecule has 6 nitrogen and oxygen atoms in total. The van der Waals surface area contributed by atoms with Gasteiger partial charge in [0.2, 0.25) is 5.91 Å². The van der Waals surface area contributed by atoms with Gasteiger partial charge in [0.15, 0.2) is 0 Å². The first-order valence-electron chi connectivity index (χ1n) is 8.31. The van der Waals surface area contributed by atoms with Crippen molar-refractivity contribution in [2.45, 2.75) is 31.8 Å². The fourth-order valence-electron chi connectivity index (χ4n) is 3.39. The molecular weight excluding hydrogens is 310 g/mol. The Kier molecular flexibility index (Phi) is 4.76. The van der Waals surface area contributed by atoms with Crippen LogP contribution in [-0.2, 0) is 14.3 Å². The Labute approximate surface area is 141 Å². The summed E-state index contributed by atoms with van der Waals surface area (Å²) in [5, 5.41) is 9.41. The first-order valence-corrected chi connectivity index (χ1v) is 8.31. The van der Waals surface area contributed by atoms with Crippen LogP contribution in [0.15, 0.2) is 24.3 Å². The van der Waals surface area contributed by atoms with Gasteiger partial charge in [-0.3, -0.25) is 9.59 Å². The summed E-state index contributed by atoms with van der Waals surface area (Å²) in [7, 11) is 1.61. The molecule has 1 heterocycles. The van der Waals surface area contributed by atoms with E-state index < -0.39 is 11.4 Å². The van der Waals surface area contributed by atoms with Crippen molar-refractivity contribution in [1.82, 2.24) is 4.90 Å². The van der Waals surface area contributed by atoms with Crippen molar-refractivity contribution in [3.63, 3.8) is 0 Å². The van der Waals surface area contributed by atoms with Crippen LogP contribution in [0.25, 0.3) is 0 Å². The predicted molar refractivity (Wildman–Crippen MR) is 86.8 cm³/mol. The van der Waals surface area contributed by atoms with E-state index in [-0.39, 0.29) is 18.4 Å². The van der Waals surface area contributed by atoms with Gasteiger partial charge < -0.3 is 19.5 Å². The average molecular weight is 333 g/mol. The molecule has 1 aliphatic carbocycles. The van der Waals surface area contributed by atoms with Crippen LogP contribution in [0.4, 0.5) is 0 Å². The maximum Gasteiger partial charge on any atom is 0.310 e. The molecule has 1 saturated carbocycles. The van der Waals surface area contributed by atoms with Crippen LogP contribution >= 0.6 is 0 Å². The molecule has 1 aromatic rings. The predicted octanol–water partition coefficient (Wildman–Crippen LogP) is 2.24. The van der Waals surface area contributed by atoms with Crippen LogP contribution in [-0.4, -0.2) is 48.7 Å². The highest BCUT2D eigenvalue weighted by Crippen LogP contribution is 2.44. The average Bonchev–Trinajstić information content (AvgIpc) is 2.57. The molecule has 1 unspecified atom stereocenters. The fraction of sp³-hybridized carbons (Fsp3) is 0.556. The number of nitrogens with zero attached hydrogens (tertiary/aromatic N) is 1. The van der Waals surface area contributed by atoms with E-state index in [4.69, 9.17) is 9.47 Å². The lowest BCUT2D eigenvalue weighted by Gasteiger charge is -2.40. The molecule has 0 aromatic heterocycles. The quantitative estimate of drug-likeness (QED) is 0.894. The summed E-state index contributed by atoms with van der Waals surface area (Å²) in [5.41, 5.74) is 0.115. The lowest BCUT2D eigenvalue weighted by molar-refractivity contribution is -0.161. The van der Waals surface area contributed by atoms with Crippen LogP contribution in [0.5, 0.6) is 5.75 Å². The lowest BCUT2D eigenvalue weighted by atomic mass is 9.66. The van der Waals surface area contributed by atoms with Gasteiger partial charge in [0.1, 0.15) is 11.9 Å². The van der Waals surface area contributed by atoms with E-state index in [9.17, 15) is 14.7 Å². The number of carbonyl (C=O) groups is 2. The van der Waals surface area contributed by atoms with Gasteiger partial charge in [-0.05, 0) is 30.5 Å². The number of benzene rings is 1. The number of amides is 1. The number of aliphatic carboxylic acids is 1. The Balaban J connectivity index is 1.66. The van der Waals surface area contributed by atoms with E-state index >= 15 is 0 Å². The molecule has 0 radical (unpaired) electrons. The number of hydrogen-bond donors (Lipinski definition) is 1. The summed E-state index contributed by atoms with van der Waals surface area (Å²) in [4.78, 5) is 25.8. The summed E-state index contributed by atoms with van der Waals surface area (Å²) in [5.74, 6) is -0.188. The van der Waals surface area contributed by atoms with Crippen molar-refractivity contribution in [3.8, 4) is 5.75 Å². The molecule has 24 heavy (non-hydrogen) atoms. The third-order valence-electron chi connectivity index (χ3n) is 5.14. The van der Waals surface area contributed by atoms with E-state index in [0.717, 1.165) is 17.7 Å². The minimum Gasteiger partial charge on any atom is -0.497 e. The van der Waals surface area contributed by atoms with Gasteiger partial charge in [-0.2, -0.15) is 0 Å². The Morgan fingerprint density at radius 2 is 2.21 bits per heavy atom. The molecule has 1 N–H and O–H groups in total. The summed E-state index contributed by atoms with van der Waals surface area (Å²) in [6.07, 6.45) is 1.96. The Hall–Kier alpha value is -2.08. The Morgan fingerprint density at radius 3 is 2.83 bits per heavy atom. The summed E-state index contributed by atoms with van der Waals surface area (Å²) < 4.78 is 11.0. The summed E-state index contributed by atoms with van der Waals surface area (Å²) in [6, 6.07) is 7.61. The Bertz CT molecular complexity index is 626. The van der Waals surface area contributed by atoms with Gasteiger partial charge in [-0.15, -0.1) is 0 Å². The van der Waals surface area contributed by atoms with E-state index in [1.54, 1.807) is 12.0 Å². The molecule has 2 fully saturated rings. The first-order chi connectivity index (χ1) is 11.5. The molecule has 1 aliphatic heterocycles. The monoisotopic (exact) mass is 333 g/mol. The highest BCUT2D eigenvalue weighted by atomic mass is 16.5. The SMILES string of the molecule is COc1cccc(C2CN(C(=O)CC3(C(=O)O)CCC3)CCO2)c1. The number of morpholine rings is 1. The molecule has 0 bridgehead atoms. The minimum atomic E-state index is -0.847. The number of methoxy groups -OCH3 is 1. The number of hydrogen-bond acceptors (Lipinski definition) is 4. The number of ether oxygens (including phenoxy) is 2. The standard InChI is InChI=1S/C18H23NO5/c1-23-14-5-2-4-13(10-14)15-12-19(8-9-24-15)16(20)11-18(17(21)22)6-3-7-18/h2,4-5,10,15H,3,6-9,11-12H2,1H3,(H,21,22). The zero-order chi connectivity index (χ0) is 17.2.